The Morgan fingerprint density at radius 2 is 2.00 bits per heavy atom. The minimum Gasteiger partial charge on any atom is -0.356 e. The second-order valence-corrected chi connectivity index (χ2v) is 8.11. The molecule has 1 aromatic heterocycles. The van der Waals surface area contributed by atoms with Gasteiger partial charge in [-0.15, -0.1) is 35.3 Å². The fourth-order valence-corrected chi connectivity index (χ4v) is 4.06. The summed E-state index contributed by atoms with van der Waals surface area (Å²) in [6, 6.07) is 11.2. The van der Waals surface area contributed by atoms with Crippen molar-refractivity contribution in [3.8, 4) is 0 Å². The van der Waals surface area contributed by atoms with Gasteiger partial charge in [-0.25, -0.2) is 4.98 Å². The second-order valence-electron chi connectivity index (χ2n) is 6.79. The van der Waals surface area contributed by atoms with Gasteiger partial charge in [0.2, 0.25) is 0 Å². The molecule has 1 aromatic carbocycles. The van der Waals surface area contributed by atoms with Crippen LogP contribution in [0.3, 0.4) is 0 Å². The van der Waals surface area contributed by atoms with Crippen molar-refractivity contribution in [2.45, 2.75) is 38.8 Å². The average Bonchev–Trinajstić information content (AvgIpc) is 3.08. The number of nitrogens with zero attached hydrogens (tertiary/aromatic N) is 3. The fourth-order valence-electron chi connectivity index (χ4n) is 3.27. The third-order valence-electron chi connectivity index (χ3n) is 4.70. The maximum atomic E-state index is 4.41. The quantitative estimate of drug-likeness (QED) is 0.363. The van der Waals surface area contributed by atoms with Crippen LogP contribution in [0.5, 0.6) is 0 Å². The largest absolute Gasteiger partial charge is 0.356 e. The summed E-state index contributed by atoms with van der Waals surface area (Å²) in [5.74, 6) is 0.903. The van der Waals surface area contributed by atoms with Crippen LogP contribution in [0.15, 0.2) is 41.5 Å². The molecule has 148 valence electrons. The first-order valence-electron chi connectivity index (χ1n) is 9.37. The van der Waals surface area contributed by atoms with Crippen molar-refractivity contribution in [2.24, 2.45) is 4.99 Å². The third kappa shape index (κ3) is 7.38. The minimum absolute atomic E-state index is 0. The standard InChI is InChI=1S/C20H29N5S.HI/c1-16-14-23-19(26-16)8-11-22-20(21-2)24-18-9-12-25(13-10-18)15-17-6-4-3-5-7-17;/h3-7,14,18H,8-13,15H2,1-2H3,(H2,21,22,24);1H. The summed E-state index contributed by atoms with van der Waals surface area (Å²) in [6.07, 6.45) is 5.18. The lowest BCUT2D eigenvalue weighted by Crippen LogP contribution is -2.48. The number of likely N-dealkylation sites (tertiary alicyclic amines) is 1. The van der Waals surface area contributed by atoms with E-state index in [4.69, 9.17) is 0 Å². The lowest BCUT2D eigenvalue weighted by molar-refractivity contribution is 0.198. The molecule has 27 heavy (non-hydrogen) atoms. The maximum absolute atomic E-state index is 4.41. The highest BCUT2D eigenvalue weighted by molar-refractivity contribution is 14.0. The summed E-state index contributed by atoms with van der Waals surface area (Å²) >= 11 is 1.77. The molecule has 7 heteroatoms. The van der Waals surface area contributed by atoms with E-state index < -0.39 is 0 Å². The summed E-state index contributed by atoms with van der Waals surface area (Å²) in [4.78, 5) is 12.6. The van der Waals surface area contributed by atoms with Crippen LogP contribution in [0.2, 0.25) is 0 Å². The van der Waals surface area contributed by atoms with Crippen LogP contribution in [-0.4, -0.2) is 48.6 Å². The number of aliphatic imine (C=N–C) groups is 1. The zero-order valence-corrected chi connectivity index (χ0v) is 19.3. The van der Waals surface area contributed by atoms with Gasteiger partial charge in [0.25, 0.3) is 0 Å². The third-order valence-corrected chi connectivity index (χ3v) is 5.67. The van der Waals surface area contributed by atoms with Crippen molar-refractivity contribution >= 4 is 41.3 Å². The fraction of sp³-hybridized carbons (Fsp3) is 0.500. The van der Waals surface area contributed by atoms with Gasteiger partial charge in [0.15, 0.2) is 5.96 Å². The number of nitrogens with one attached hydrogen (secondary N) is 2. The Labute approximate surface area is 183 Å². The molecule has 2 N–H and O–H groups in total. The van der Waals surface area contributed by atoms with E-state index in [2.05, 4.69) is 62.8 Å². The monoisotopic (exact) mass is 499 g/mol. The first-order chi connectivity index (χ1) is 12.7. The van der Waals surface area contributed by atoms with Crippen molar-refractivity contribution in [3.05, 3.63) is 52.0 Å². The van der Waals surface area contributed by atoms with Gasteiger partial charge in [0, 0.05) is 56.8 Å². The molecule has 5 nitrogen and oxygen atoms in total. The van der Waals surface area contributed by atoms with E-state index in [0.717, 1.165) is 51.4 Å². The van der Waals surface area contributed by atoms with Crippen LogP contribution >= 0.6 is 35.3 Å². The number of guanidine groups is 1. The van der Waals surface area contributed by atoms with E-state index in [0.29, 0.717) is 6.04 Å². The number of benzene rings is 1. The Hall–Kier alpha value is -1.19. The number of hydrogen-bond acceptors (Lipinski definition) is 4. The van der Waals surface area contributed by atoms with Crippen LogP contribution in [0.4, 0.5) is 0 Å². The SMILES string of the molecule is CN=C(NCCc1ncc(C)s1)NC1CCN(Cc2ccccc2)CC1.I. The van der Waals surface area contributed by atoms with Gasteiger partial charge in [0.1, 0.15) is 0 Å². The van der Waals surface area contributed by atoms with Crippen LogP contribution in [0.25, 0.3) is 0 Å². The highest BCUT2D eigenvalue weighted by Crippen LogP contribution is 2.14. The molecule has 0 bridgehead atoms. The number of aryl methyl sites for hydroxylation is 1. The molecule has 0 unspecified atom stereocenters. The van der Waals surface area contributed by atoms with Gasteiger partial charge in [0.05, 0.1) is 5.01 Å². The average molecular weight is 499 g/mol. The Bertz CT molecular complexity index is 695. The molecular weight excluding hydrogens is 469 g/mol. The van der Waals surface area contributed by atoms with Crippen LogP contribution in [0.1, 0.15) is 28.3 Å². The van der Waals surface area contributed by atoms with Gasteiger partial charge in [-0.3, -0.25) is 9.89 Å². The Morgan fingerprint density at radius 3 is 2.63 bits per heavy atom. The number of piperidine rings is 1. The maximum Gasteiger partial charge on any atom is 0.191 e. The van der Waals surface area contributed by atoms with Gasteiger partial charge in [-0.05, 0) is 25.3 Å². The topological polar surface area (TPSA) is 52.6 Å². The van der Waals surface area contributed by atoms with E-state index >= 15 is 0 Å². The predicted molar refractivity (Wildman–Crippen MR) is 125 cm³/mol. The predicted octanol–water partition coefficient (Wildman–Crippen LogP) is 3.44. The molecule has 2 heterocycles. The van der Waals surface area contributed by atoms with Crippen molar-refractivity contribution < 1.29 is 0 Å². The van der Waals surface area contributed by atoms with Crippen molar-refractivity contribution in [3.63, 3.8) is 0 Å². The zero-order valence-electron chi connectivity index (χ0n) is 16.1. The molecule has 0 amide bonds. The molecule has 1 aliphatic rings. The van der Waals surface area contributed by atoms with E-state index in [9.17, 15) is 0 Å². The summed E-state index contributed by atoms with van der Waals surface area (Å²) in [5.41, 5.74) is 1.40. The van der Waals surface area contributed by atoms with Gasteiger partial charge >= 0.3 is 0 Å². The summed E-state index contributed by atoms with van der Waals surface area (Å²) in [5, 5.41) is 8.17. The van der Waals surface area contributed by atoms with Crippen LogP contribution in [0, 0.1) is 6.92 Å². The van der Waals surface area contributed by atoms with Gasteiger partial charge < -0.3 is 10.6 Å². The van der Waals surface area contributed by atoms with E-state index in [1.54, 1.807) is 11.3 Å². The Balaban J connectivity index is 0.00000261. The van der Waals surface area contributed by atoms with Crippen LogP contribution < -0.4 is 10.6 Å². The highest BCUT2D eigenvalue weighted by atomic mass is 127. The molecule has 0 radical (unpaired) electrons. The summed E-state index contributed by atoms with van der Waals surface area (Å²) < 4.78 is 0. The van der Waals surface area contributed by atoms with E-state index in [-0.39, 0.29) is 24.0 Å². The highest BCUT2D eigenvalue weighted by Gasteiger charge is 2.19. The molecule has 0 atom stereocenters. The molecule has 1 fully saturated rings. The Morgan fingerprint density at radius 1 is 1.26 bits per heavy atom. The number of rotatable bonds is 6. The van der Waals surface area contributed by atoms with Crippen molar-refractivity contribution in [2.75, 3.05) is 26.7 Å². The van der Waals surface area contributed by atoms with Crippen LogP contribution in [-0.2, 0) is 13.0 Å². The molecule has 2 aromatic rings. The molecule has 0 saturated carbocycles. The molecule has 1 saturated heterocycles. The molecular formula is C20H30IN5S. The molecule has 0 aliphatic carbocycles. The van der Waals surface area contributed by atoms with E-state index in [1.807, 2.05) is 13.2 Å². The summed E-state index contributed by atoms with van der Waals surface area (Å²) in [7, 11) is 1.84. The van der Waals surface area contributed by atoms with Crippen molar-refractivity contribution in [1.82, 2.24) is 20.5 Å². The molecule has 3 rings (SSSR count). The lowest BCUT2D eigenvalue weighted by atomic mass is 10.0. The zero-order chi connectivity index (χ0) is 18.2. The number of halogens is 1. The first kappa shape index (κ1) is 22.1. The normalized spacial score (nSPS) is 16.0. The van der Waals surface area contributed by atoms with Gasteiger partial charge in [-0.2, -0.15) is 0 Å². The number of aromatic nitrogens is 1. The smallest absolute Gasteiger partial charge is 0.191 e. The number of hydrogen-bond donors (Lipinski definition) is 2. The second kappa shape index (κ2) is 11.6. The minimum atomic E-state index is 0. The molecule has 0 spiro atoms. The Kier molecular flexibility index (Phi) is 9.50. The van der Waals surface area contributed by atoms with Gasteiger partial charge in [-0.1, -0.05) is 30.3 Å². The summed E-state index contributed by atoms with van der Waals surface area (Å²) in [6.45, 7) is 6.26. The number of thiazole rings is 1. The van der Waals surface area contributed by atoms with E-state index in [1.165, 1.54) is 15.4 Å². The van der Waals surface area contributed by atoms with Crippen molar-refractivity contribution in [1.29, 1.82) is 0 Å². The molecule has 1 aliphatic heterocycles. The first-order valence-corrected chi connectivity index (χ1v) is 10.2. The lowest BCUT2D eigenvalue weighted by Gasteiger charge is -2.33.